The minimum absolute atomic E-state index is 0.0441. The van der Waals surface area contributed by atoms with Gasteiger partial charge in [-0.05, 0) is 29.1 Å². The molecule has 1 aromatic heterocycles. The van der Waals surface area contributed by atoms with Crippen LogP contribution in [0.4, 0.5) is 5.69 Å². The van der Waals surface area contributed by atoms with E-state index in [-0.39, 0.29) is 11.2 Å². The van der Waals surface area contributed by atoms with Crippen LogP contribution in [0.25, 0.3) is 0 Å². The number of nitrogens with one attached hydrogen (secondary N) is 1. The molecule has 0 radical (unpaired) electrons. The SMILES string of the molecule is COc1ccc([C@H]2SCC(=O)Nc3ccsc32)cc1OC. The Kier molecular flexibility index (Phi) is 4.07. The van der Waals surface area contributed by atoms with Gasteiger partial charge in [0.25, 0.3) is 0 Å². The van der Waals surface area contributed by atoms with Gasteiger partial charge in [-0.25, -0.2) is 0 Å². The van der Waals surface area contributed by atoms with Gasteiger partial charge in [0.2, 0.25) is 5.91 Å². The summed E-state index contributed by atoms with van der Waals surface area (Å²) in [4.78, 5) is 12.9. The summed E-state index contributed by atoms with van der Waals surface area (Å²) in [5.41, 5.74) is 2.02. The van der Waals surface area contributed by atoms with Gasteiger partial charge in [-0.15, -0.1) is 23.1 Å². The van der Waals surface area contributed by atoms with Crippen molar-refractivity contribution in [1.82, 2.24) is 0 Å². The summed E-state index contributed by atoms with van der Waals surface area (Å²) in [6.07, 6.45) is 0. The molecule has 0 saturated heterocycles. The van der Waals surface area contributed by atoms with E-state index in [1.807, 2.05) is 29.6 Å². The lowest BCUT2D eigenvalue weighted by Gasteiger charge is -2.16. The first-order valence-corrected chi connectivity index (χ1v) is 8.36. The number of amides is 1. The van der Waals surface area contributed by atoms with Crippen molar-refractivity contribution in [3.05, 3.63) is 40.1 Å². The number of thioether (sulfide) groups is 1. The van der Waals surface area contributed by atoms with Crippen molar-refractivity contribution in [2.24, 2.45) is 0 Å². The Hall–Kier alpha value is -1.66. The van der Waals surface area contributed by atoms with Gasteiger partial charge in [0.05, 0.1) is 30.9 Å². The lowest BCUT2D eigenvalue weighted by atomic mass is 10.1. The Balaban J connectivity index is 2.02. The molecule has 6 heteroatoms. The number of hydrogen-bond donors (Lipinski definition) is 1. The maximum absolute atomic E-state index is 11.8. The van der Waals surface area contributed by atoms with Crippen molar-refractivity contribution in [1.29, 1.82) is 0 Å². The van der Waals surface area contributed by atoms with Gasteiger partial charge in [-0.2, -0.15) is 0 Å². The molecule has 1 aliphatic rings. The average Bonchev–Trinajstić information content (AvgIpc) is 2.89. The van der Waals surface area contributed by atoms with Crippen molar-refractivity contribution in [3.63, 3.8) is 0 Å². The molecule has 4 nitrogen and oxygen atoms in total. The highest BCUT2D eigenvalue weighted by molar-refractivity contribution is 8.00. The van der Waals surface area contributed by atoms with E-state index < -0.39 is 0 Å². The number of carbonyl (C=O) groups is 1. The molecule has 1 aliphatic heterocycles. The minimum Gasteiger partial charge on any atom is -0.493 e. The maximum Gasteiger partial charge on any atom is 0.234 e. The molecule has 3 rings (SSSR count). The molecule has 0 bridgehead atoms. The predicted octanol–water partition coefficient (Wildman–Crippen LogP) is 3.54. The van der Waals surface area contributed by atoms with E-state index in [4.69, 9.17) is 9.47 Å². The van der Waals surface area contributed by atoms with Crippen LogP contribution in [0.5, 0.6) is 11.5 Å². The summed E-state index contributed by atoms with van der Waals surface area (Å²) in [6.45, 7) is 0. The Labute approximate surface area is 131 Å². The molecule has 0 saturated carbocycles. The molecule has 0 aliphatic carbocycles. The third-order valence-electron chi connectivity index (χ3n) is 3.30. The number of carbonyl (C=O) groups excluding carboxylic acids is 1. The van der Waals surface area contributed by atoms with Crippen LogP contribution in [0, 0.1) is 0 Å². The van der Waals surface area contributed by atoms with Crippen LogP contribution >= 0.6 is 23.1 Å². The zero-order chi connectivity index (χ0) is 14.8. The molecule has 21 heavy (non-hydrogen) atoms. The standard InChI is InChI=1S/C15H15NO3S2/c1-18-11-4-3-9(7-12(11)19-2)14-15-10(5-6-20-15)16-13(17)8-21-14/h3-7,14H,8H2,1-2H3,(H,16,17)/t14-/m1/s1. The van der Waals surface area contributed by atoms with E-state index in [2.05, 4.69) is 5.32 Å². The van der Waals surface area contributed by atoms with E-state index in [1.54, 1.807) is 37.3 Å². The van der Waals surface area contributed by atoms with E-state index in [9.17, 15) is 4.79 Å². The zero-order valence-electron chi connectivity index (χ0n) is 11.7. The highest BCUT2D eigenvalue weighted by Crippen LogP contribution is 2.45. The van der Waals surface area contributed by atoms with Crippen LogP contribution in [0.15, 0.2) is 29.6 Å². The number of rotatable bonds is 3. The van der Waals surface area contributed by atoms with Crippen LogP contribution in [0.1, 0.15) is 15.7 Å². The molecule has 2 heterocycles. The summed E-state index contributed by atoms with van der Waals surface area (Å²) in [6, 6.07) is 7.87. The second-order valence-corrected chi connectivity index (χ2v) is 6.59. The third kappa shape index (κ3) is 2.73. The second kappa shape index (κ2) is 5.99. The molecule has 1 amide bonds. The number of methoxy groups -OCH3 is 2. The fourth-order valence-electron chi connectivity index (χ4n) is 2.31. The lowest BCUT2D eigenvalue weighted by molar-refractivity contribution is -0.113. The molecule has 1 atom stereocenters. The maximum atomic E-state index is 11.8. The number of anilines is 1. The van der Waals surface area contributed by atoms with E-state index in [0.717, 1.165) is 16.1 Å². The second-order valence-electron chi connectivity index (χ2n) is 4.55. The molecule has 0 fully saturated rings. The summed E-state index contributed by atoms with van der Waals surface area (Å²) in [5.74, 6) is 1.90. The summed E-state index contributed by atoms with van der Waals surface area (Å²) < 4.78 is 10.7. The van der Waals surface area contributed by atoms with Crippen molar-refractivity contribution < 1.29 is 14.3 Å². The average molecular weight is 321 g/mol. The smallest absolute Gasteiger partial charge is 0.234 e. The molecule has 1 N–H and O–H groups in total. The van der Waals surface area contributed by atoms with Gasteiger partial charge in [-0.3, -0.25) is 4.79 Å². The highest BCUT2D eigenvalue weighted by atomic mass is 32.2. The van der Waals surface area contributed by atoms with Gasteiger partial charge in [0.1, 0.15) is 0 Å². The fourth-order valence-corrected chi connectivity index (χ4v) is 4.55. The first kappa shape index (κ1) is 14.3. The number of thiophene rings is 1. The third-order valence-corrected chi connectivity index (χ3v) is 5.70. The van der Waals surface area contributed by atoms with Crippen molar-refractivity contribution >= 4 is 34.7 Å². The quantitative estimate of drug-likeness (QED) is 0.939. The van der Waals surface area contributed by atoms with E-state index in [1.165, 1.54) is 0 Å². The fraction of sp³-hybridized carbons (Fsp3) is 0.267. The summed E-state index contributed by atoms with van der Waals surface area (Å²) in [7, 11) is 3.25. The summed E-state index contributed by atoms with van der Waals surface area (Å²) >= 11 is 3.29. The van der Waals surface area contributed by atoms with Crippen LogP contribution < -0.4 is 14.8 Å². The van der Waals surface area contributed by atoms with Crippen LogP contribution in [-0.2, 0) is 4.79 Å². The summed E-state index contributed by atoms with van der Waals surface area (Å²) in [5, 5.41) is 5.08. The van der Waals surface area contributed by atoms with Gasteiger partial charge in [-0.1, -0.05) is 6.07 Å². The molecule has 110 valence electrons. The van der Waals surface area contributed by atoms with Crippen LogP contribution in [0.3, 0.4) is 0 Å². The highest BCUT2D eigenvalue weighted by Gasteiger charge is 2.26. The Morgan fingerprint density at radius 1 is 1.19 bits per heavy atom. The Morgan fingerprint density at radius 3 is 2.76 bits per heavy atom. The number of hydrogen-bond acceptors (Lipinski definition) is 5. The van der Waals surface area contributed by atoms with Gasteiger partial charge < -0.3 is 14.8 Å². The molecule has 0 unspecified atom stereocenters. The van der Waals surface area contributed by atoms with Crippen LogP contribution in [0.2, 0.25) is 0 Å². The molecule has 0 spiro atoms. The van der Waals surface area contributed by atoms with Crippen molar-refractivity contribution in [2.45, 2.75) is 5.25 Å². The Morgan fingerprint density at radius 2 is 2.00 bits per heavy atom. The van der Waals surface area contributed by atoms with Crippen molar-refractivity contribution in [2.75, 3.05) is 25.3 Å². The Bertz CT molecular complexity index is 669. The normalized spacial score (nSPS) is 17.6. The van der Waals surface area contributed by atoms with Crippen LogP contribution in [-0.4, -0.2) is 25.9 Å². The van der Waals surface area contributed by atoms with Gasteiger partial charge >= 0.3 is 0 Å². The van der Waals surface area contributed by atoms with Crippen molar-refractivity contribution in [3.8, 4) is 11.5 Å². The first-order valence-electron chi connectivity index (χ1n) is 6.43. The largest absolute Gasteiger partial charge is 0.493 e. The molecule has 1 aromatic carbocycles. The molecular weight excluding hydrogens is 306 g/mol. The lowest BCUT2D eigenvalue weighted by Crippen LogP contribution is -2.11. The zero-order valence-corrected chi connectivity index (χ0v) is 13.3. The van der Waals surface area contributed by atoms with E-state index >= 15 is 0 Å². The topological polar surface area (TPSA) is 47.6 Å². The predicted molar refractivity (Wildman–Crippen MR) is 86.8 cm³/mol. The van der Waals surface area contributed by atoms with E-state index in [0.29, 0.717) is 17.3 Å². The number of benzene rings is 1. The van der Waals surface area contributed by atoms with Gasteiger partial charge in [0.15, 0.2) is 11.5 Å². The molecule has 2 aromatic rings. The first-order chi connectivity index (χ1) is 10.2. The van der Waals surface area contributed by atoms with Gasteiger partial charge in [0, 0.05) is 4.88 Å². The molecular formula is C15H15NO3S2. The number of ether oxygens (including phenoxy) is 2. The monoisotopic (exact) mass is 321 g/mol. The number of fused-ring (bicyclic) bond motifs is 1. The minimum atomic E-state index is 0.0441.